The zero-order valence-electron chi connectivity index (χ0n) is 11.2. The minimum Gasteiger partial charge on any atom is -0.480 e. The number of piperazine rings is 1. The Kier molecular flexibility index (Phi) is 6.07. The molecule has 18 heavy (non-hydrogen) atoms. The summed E-state index contributed by atoms with van der Waals surface area (Å²) < 4.78 is 0. The van der Waals surface area contributed by atoms with Crippen LogP contribution in [0.15, 0.2) is 0 Å². The van der Waals surface area contributed by atoms with Crippen molar-refractivity contribution in [2.45, 2.75) is 26.3 Å². The second-order valence-electron chi connectivity index (χ2n) is 4.71. The van der Waals surface area contributed by atoms with E-state index in [1.807, 2.05) is 23.6 Å². The van der Waals surface area contributed by atoms with E-state index in [0.29, 0.717) is 32.6 Å². The Hall–Kier alpha value is -1.14. The summed E-state index contributed by atoms with van der Waals surface area (Å²) in [5.41, 5.74) is 0. The number of amides is 1. The van der Waals surface area contributed by atoms with Gasteiger partial charge >= 0.3 is 5.97 Å². The van der Waals surface area contributed by atoms with Crippen molar-refractivity contribution in [3.05, 3.63) is 0 Å². The van der Waals surface area contributed by atoms with Gasteiger partial charge in [-0.15, -0.1) is 0 Å². The number of carbonyl (C=O) groups excluding carboxylic acids is 1. The minimum absolute atomic E-state index is 0.0653. The minimum atomic E-state index is -0.810. The SMILES string of the molecule is CCNC(C)CC(=O)N1CCN(CC(=O)O)CC1. The maximum absolute atomic E-state index is 12.0. The summed E-state index contributed by atoms with van der Waals surface area (Å²) >= 11 is 0. The molecule has 6 heteroatoms. The molecule has 0 spiro atoms. The second kappa shape index (κ2) is 7.33. The molecule has 0 aliphatic carbocycles. The van der Waals surface area contributed by atoms with Gasteiger partial charge in [0.25, 0.3) is 0 Å². The van der Waals surface area contributed by atoms with Crippen LogP contribution in [0, 0.1) is 0 Å². The first-order chi connectivity index (χ1) is 8.52. The monoisotopic (exact) mass is 257 g/mol. The highest BCUT2D eigenvalue weighted by molar-refractivity contribution is 5.77. The molecule has 1 amide bonds. The van der Waals surface area contributed by atoms with Crippen molar-refractivity contribution in [2.24, 2.45) is 0 Å². The molecule has 0 aromatic carbocycles. The predicted molar refractivity (Wildman–Crippen MR) is 68.4 cm³/mol. The smallest absolute Gasteiger partial charge is 0.317 e. The fraction of sp³-hybridized carbons (Fsp3) is 0.833. The van der Waals surface area contributed by atoms with E-state index in [2.05, 4.69) is 5.32 Å². The average molecular weight is 257 g/mol. The third kappa shape index (κ3) is 5.01. The van der Waals surface area contributed by atoms with E-state index in [1.165, 1.54) is 0 Å². The van der Waals surface area contributed by atoms with E-state index < -0.39 is 5.97 Å². The van der Waals surface area contributed by atoms with Crippen LogP contribution in [0.3, 0.4) is 0 Å². The van der Waals surface area contributed by atoms with Crippen LogP contribution in [-0.4, -0.2) is 72.1 Å². The molecular formula is C12H23N3O3. The number of nitrogens with zero attached hydrogens (tertiary/aromatic N) is 2. The maximum Gasteiger partial charge on any atom is 0.317 e. The zero-order chi connectivity index (χ0) is 13.5. The Morgan fingerprint density at radius 1 is 1.28 bits per heavy atom. The van der Waals surface area contributed by atoms with E-state index in [9.17, 15) is 9.59 Å². The molecule has 6 nitrogen and oxygen atoms in total. The molecule has 1 heterocycles. The molecule has 1 unspecified atom stereocenters. The Morgan fingerprint density at radius 3 is 2.39 bits per heavy atom. The topological polar surface area (TPSA) is 72.9 Å². The number of nitrogens with one attached hydrogen (secondary N) is 1. The Balaban J connectivity index is 2.29. The quantitative estimate of drug-likeness (QED) is 0.677. The van der Waals surface area contributed by atoms with Gasteiger partial charge in [-0.2, -0.15) is 0 Å². The molecule has 0 aromatic heterocycles. The Labute approximate surface area is 108 Å². The van der Waals surface area contributed by atoms with E-state index in [0.717, 1.165) is 6.54 Å². The molecule has 2 N–H and O–H groups in total. The van der Waals surface area contributed by atoms with Crippen LogP contribution >= 0.6 is 0 Å². The second-order valence-corrected chi connectivity index (χ2v) is 4.71. The van der Waals surface area contributed by atoms with E-state index in [1.54, 1.807) is 0 Å². The van der Waals surface area contributed by atoms with Gasteiger partial charge in [0.1, 0.15) is 0 Å². The molecule has 1 aliphatic heterocycles. The van der Waals surface area contributed by atoms with Crippen LogP contribution < -0.4 is 5.32 Å². The summed E-state index contributed by atoms with van der Waals surface area (Å²) in [7, 11) is 0. The van der Waals surface area contributed by atoms with Crippen molar-refractivity contribution < 1.29 is 14.7 Å². The number of rotatable bonds is 6. The van der Waals surface area contributed by atoms with Crippen LogP contribution in [-0.2, 0) is 9.59 Å². The molecule has 0 saturated carbocycles. The summed E-state index contributed by atoms with van der Waals surface area (Å²) in [5.74, 6) is -0.658. The van der Waals surface area contributed by atoms with Crippen molar-refractivity contribution in [3.63, 3.8) is 0 Å². The van der Waals surface area contributed by atoms with Crippen molar-refractivity contribution in [1.82, 2.24) is 15.1 Å². The highest BCUT2D eigenvalue weighted by Crippen LogP contribution is 2.05. The summed E-state index contributed by atoms with van der Waals surface area (Å²) in [6.07, 6.45) is 0.507. The van der Waals surface area contributed by atoms with Gasteiger partial charge in [0.2, 0.25) is 5.91 Å². The number of carboxylic acid groups (broad SMARTS) is 1. The molecule has 0 aromatic rings. The highest BCUT2D eigenvalue weighted by Gasteiger charge is 2.22. The van der Waals surface area contributed by atoms with Gasteiger partial charge < -0.3 is 15.3 Å². The fourth-order valence-corrected chi connectivity index (χ4v) is 2.16. The molecule has 1 saturated heterocycles. The van der Waals surface area contributed by atoms with Gasteiger partial charge in [-0.25, -0.2) is 0 Å². The lowest BCUT2D eigenvalue weighted by atomic mass is 10.2. The third-order valence-electron chi connectivity index (χ3n) is 3.12. The largest absolute Gasteiger partial charge is 0.480 e. The van der Waals surface area contributed by atoms with Gasteiger partial charge in [0.05, 0.1) is 6.54 Å². The average Bonchev–Trinajstić information content (AvgIpc) is 2.29. The van der Waals surface area contributed by atoms with Crippen molar-refractivity contribution in [2.75, 3.05) is 39.3 Å². The van der Waals surface area contributed by atoms with Crippen molar-refractivity contribution in [3.8, 4) is 0 Å². The molecule has 1 rings (SSSR count). The van der Waals surface area contributed by atoms with Crippen molar-refractivity contribution >= 4 is 11.9 Å². The summed E-state index contributed by atoms with van der Waals surface area (Å²) in [4.78, 5) is 26.2. The number of hydrogen-bond acceptors (Lipinski definition) is 4. The summed E-state index contributed by atoms with van der Waals surface area (Å²) in [5, 5.41) is 11.9. The highest BCUT2D eigenvalue weighted by atomic mass is 16.4. The van der Waals surface area contributed by atoms with Crippen molar-refractivity contribution in [1.29, 1.82) is 0 Å². The standard InChI is InChI=1S/C12H23N3O3/c1-3-13-10(2)8-11(16)15-6-4-14(5-7-15)9-12(17)18/h10,13H,3-9H2,1-2H3,(H,17,18). The van der Waals surface area contributed by atoms with Crippen LogP contribution in [0.1, 0.15) is 20.3 Å². The predicted octanol–water partition coefficient (Wildman–Crippen LogP) is -0.397. The lowest BCUT2D eigenvalue weighted by Gasteiger charge is -2.34. The number of aliphatic carboxylic acids is 1. The van der Waals surface area contributed by atoms with E-state index in [4.69, 9.17) is 5.11 Å². The van der Waals surface area contributed by atoms with Gasteiger partial charge in [0.15, 0.2) is 0 Å². The zero-order valence-corrected chi connectivity index (χ0v) is 11.2. The first-order valence-corrected chi connectivity index (χ1v) is 6.48. The molecule has 0 bridgehead atoms. The number of carbonyl (C=O) groups is 2. The van der Waals surface area contributed by atoms with Crippen LogP contribution in [0.25, 0.3) is 0 Å². The summed E-state index contributed by atoms with van der Waals surface area (Å²) in [6, 6.07) is 0.194. The lowest BCUT2D eigenvalue weighted by Crippen LogP contribution is -2.50. The van der Waals surface area contributed by atoms with Gasteiger partial charge in [-0.3, -0.25) is 14.5 Å². The van der Waals surface area contributed by atoms with Crippen LogP contribution in [0.5, 0.6) is 0 Å². The van der Waals surface area contributed by atoms with Gasteiger partial charge in [0, 0.05) is 38.6 Å². The first kappa shape index (κ1) is 14.9. The fourth-order valence-electron chi connectivity index (χ4n) is 2.16. The molecule has 1 atom stereocenters. The lowest BCUT2D eigenvalue weighted by molar-refractivity contribution is -0.139. The van der Waals surface area contributed by atoms with Gasteiger partial charge in [-0.05, 0) is 13.5 Å². The first-order valence-electron chi connectivity index (χ1n) is 6.48. The molecule has 1 fully saturated rings. The van der Waals surface area contributed by atoms with Gasteiger partial charge in [-0.1, -0.05) is 6.92 Å². The Morgan fingerprint density at radius 2 is 1.89 bits per heavy atom. The third-order valence-corrected chi connectivity index (χ3v) is 3.12. The van der Waals surface area contributed by atoms with Crippen LogP contribution in [0.2, 0.25) is 0 Å². The molecular weight excluding hydrogens is 234 g/mol. The number of hydrogen-bond donors (Lipinski definition) is 2. The van der Waals surface area contributed by atoms with Crippen LogP contribution in [0.4, 0.5) is 0 Å². The van der Waals surface area contributed by atoms with E-state index >= 15 is 0 Å². The summed E-state index contributed by atoms with van der Waals surface area (Å²) in [6.45, 7) is 7.50. The normalized spacial score (nSPS) is 18.7. The molecule has 0 radical (unpaired) electrons. The molecule has 1 aliphatic rings. The molecule has 104 valence electrons. The number of carboxylic acids is 1. The Bertz CT molecular complexity index is 288. The maximum atomic E-state index is 12.0. The van der Waals surface area contributed by atoms with E-state index in [-0.39, 0.29) is 18.5 Å².